The minimum absolute atomic E-state index is 0.0170. The average molecular weight is 421 g/mol. The third-order valence-electron chi connectivity index (χ3n) is 10.2. The molecule has 2 heteroatoms. The van der Waals surface area contributed by atoms with Crippen molar-refractivity contribution < 1.29 is 9.53 Å². The summed E-state index contributed by atoms with van der Waals surface area (Å²) in [6.45, 7) is 29.7. The van der Waals surface area contributed by atoms with E-state index in [0.717, 1.165) is 12.3 Å². The molecule has 0 aromatic heterocycles. The van der Waals surface area contributed by atoms with Crippen molar-refractivity contribution in [3.63, 3.8) is 0 Å². The van der Waals surface area contributed by atoms with Crippen molar-refractivity contribution in [2.45, 2.75) is 115 Å². The van der Waals surface area contributed by atoms with Crippen molar-refractivity contribution in [1.29, 1.82) is 0 Å². The molecule has 2 nitrogen and oxygen atoms in total. The summed E-state index contributed by atoms with van der Waals surface area (Å²) in [6, 6.07) is 0. The Bertz CT molecular complexity index is 622. The Hall–Kier alpha value is -0.530. The first kappa shape index (κ1) is 25.7. The van der Waals surface area contributed by atoms with Gasteiger partial charge in [0.1, 0.15) is 5.60 Å². The standard InChI is InChI=1S/C28H52O2/c1-14-18(4)22-21-15-20(23(22)19(5)25(6,7)8)16-27(21,12)30-24(29)28(13,17(2)3)26(9,10)11/h17-23H,14-16H2,1-13H3. The minimum atomic E-state index is -0.484. The summed E-state index contributed by atoms with van der Waals surface area (Å²) in [5.74, 6) is 4.19. The topological polar surface area (TPSA) is 26.3 Å². The Morgan fingerprint density at radius 2 is 1.53 bits per heavy atom. The molecule has 2 saturated carbocycles. The van der Waals surface area contributed by atoms with Crippen LogP contribution in [0.4, 0.5) is 0 Å². The molecule has 2 aliphatic rings. The number of hydrogen-bond donors (Lipinski definition) is 0. The highest BCUT2D eigenvalue weighted by Gasteiger charge is 2.63. The van der Waals surface area contributed by atoms with E-state index in [2.05, 4.69) is 90.0 Å². The maximum absolute atomic E-state index is 13.7. The van der Waals surface area contributed by atoms with Crippen molar-refractivity contribution in [3.8, 4) is 0 Å². The van der Waals surface area contributed by atoms with Gasteiger partial charge in [-0.1, -0.05) is 82.6 Å². The highest BCUT2D eigenvalue weighted by molar-refractivity contribution is 5.78. The summed E-state index contributed by atoms with van der Waals surface area (Å²) in [7, 11) is 0. The summed E-state index contributed by atoms with van der Waals surface area (Å²) < 4.78 is 6.59. The molecule has 0 spiro atoms. The Balaban J connectivity index is 2.36. The maximum Gasteiger partial charge on any atom is 0.313 e. The van der Waals surface area contributed by atoms with Crippen molar-refractivity contribution >= 4 is 5.97 Å². The van der Waals surface area contributed by atoms with Gasteiger partial charge in [0.25, 0.3) is 0 Å². The monoisotopic (exact) mass is 420 g/mol. The molecule has 8 atom stereocenters. The van der Waals surface area contributed by atoms with Gasteiger partial charge >= 0.3 is 5.97 Å². The molecule has 30 heavy (non-hydrogen) atoms. The van der Waals surface area contributed by atoms with E-state index >= 15 is 0 Å². The first-order valence-corrected chi connectivity index (χ1v) is 12.6. The van der Waals surface area contributed by atoms with Crippen LogP contribution in [0.2, 0.25) is 0 Å². The zero-order valence-electron chi connectivity index (χ0n) is 22.5. The number of hydrogen-bond acceptors (Lipinski definition) is 2. The third kappa shape index (κ3) is 4.11. The van der Waals surface area contributed by atoms with E-state index in [1.807, 2.05) is 0 Å². The molecule has 0 aromatic rings. The summed E-state index contributed by atoms with van der Waals surface area (Å²) in [6.07, 6.45) is 3.48. The number of rotatable bonds is 6. The molecule has 0 heterocycles. The van der Waals surface area contributed by atoms with Crippen LogP contribution >= 0.6 is 0 Å². The summed E-state index contributed by atoms with van der Waals surface area (Å²) >= 11 is 0. The predicted octanol–water partition coefficient (Wildman–Crippen LogP) is 8.00. The molecule has 0 amide bonds. The average Bonchev–Trinajstić information content (AvgIpc) is 3.11. The van der Waals surface area contributed by atoms with Gasteiger partial charge in [0.15, 0.2) is 0 Å². The molecule has 2 rings (SSSR count). The smallest absolute Gasteiger partial charge is 0.313 e. The van der Waals surface area contributed by atoms with Gasteiger partial charge in [0.05, 0.1) is 5.41 Å². The Labute approximate surface area is 188 Å². The van der Waals surface area contributed by atoms with Gasteiger partial charge in [-0.3, -0.25) is 4.79 Å². The van der Waals surface area contributed by atoms with Crippen LogP contribution in [0.5, 0.6) is 0 Å². The largest absolute Gasteiger partial charge is 0.459 e. The number of carbonyl (C=O) groups excluding carboxylic acids is 1. The van der Waals surface area contributed by atoms with Gasteiger partial charge in [0.2, 0.25) is 0 Å². The Morgan fingerprint density at radius 1 is 1.00 bits per heavy atom. The van der Waals surface area contributed by atoms with Gasteiger partial charge in [0, 0.05) is 5.92 Å². The first-order valence-electron chi connectivity index (χ1n) is 12.6. The van der Waals surface area contributed by atoms with Crippen molar-refractivity contribution in [3.05, 3.63) is 0 Å². The molecule has 0 aliphatic heterocycles. The quantitative estimate of drug-likeness (QED) is 0.407. The zero-order valence-corrected chi connectivity index (χ0v) is 22.5. The van der Waals surface area contributed by atoms with Gasteiger partial charge in [-0.25, -0.2) is 0 Å². The van der Waals surface area contributed by atoms with E-state index < -0.39 is 5.41 Å². The van der Waals surface area contributed by atoms with E-state index in [9.17, 15) is 4.79 Å². The van der Waals surface area contributed by atoms with Gasteiger partial charge in [-0.05, 0) is 73.0 Å². The lowest BCUT2D eigenvalue weighted by atomic mass is 9.59. The second-order valence-corrected chi connectivity index (χ2v) is 13.8. The van der Waals surface area contributed by atoms with Crippen LogP contribution in [0, 0.1) is 57.7 Å². The van der Waals surface area contributed by atoms with E-state index in [1.165, 1.54) is 12.8 Å². The lowest BCUT2D eigenvalue weighted by Gasteiger charge is -2.50. The SMILES string of the molecule is CCC(C)C1C(C(C)C(C)(C)C)C2CC1C(C)(OC(=O)C(C)(C(C)C)C(C)(C)C)C2. The molecule has 2 bridgehead atoms. The molecule has 0 radical (unpaired) electrons. The van der Waals surface area contributed by atoms with Crippen molar-refractivity contribution in [2.75, 3.05) is 0 Å². The van der Waals surface area contributed by atoms with E-state index in [-0.39, 0.29) is 22.9 Å². The number of carbonyl (C=O) groups is 1. The lowest BCUT2D eigenvalue weighted by Crippen LogP contribution is -2.53. The molecule has 0 saturated heterocycles. The number of esters is 1. The second-order valence-electron chi connectivity index (χ2n) is 13.8. The fourth-order valence-electron chi connectivity index (χ4n) is 6.98. The van der Waals surface area contributed by atoms with E-state index in [4.69, 9.17) is 4.74 Å². The normalized spacial score (nSPS) is 35.9. The van der Waals surface area contributed by atoms with Crippen molar-refractivity contribution in [2.24, 2.45) is 57.7 Å². The van der Waals surface area contributed by atoms with Crippen LogP contribution in [-0.2, 0) is 9.53 Å². The summed E-state index contributed by atoms with van der Waals surface area (Å²) in [5.41, 5.74) is -0.616. The van der Waals surface area contributed by atoms with Crippen LogP contribution in [0.3, 0.4) is 0 Å². The fourth-order valence-corrected chi connectivity index (χ4v) is 6.98. The zero-order chi connectivity index (χ0) is 23.4. The van der Waals surface area contributed by atoms with E-state index in [0.29, 0.717) is 35.0 Å². The minimum Gasteiger partial charge on any atom is -0.459 e. The molecule has 0 N–H and O–H groups in total. The first-order chi connectivity index (χ1) is 13.4. The molecule has 0 aromatic carbocycles. The summed E-state index contributed by atoms with van der Waals surface area (Å²) in [5, 5.41) is 0. The highest BCUT2D eigenvalue weighted by atomic mass is 16.6. The van der Waals surface area contributed by atoms with Crippen molar-refractivity contribution in [1.82, 2.24) is 0 Å². The number of fused-ring (bicyclic) bond motifs is 2. The molecule has 176 valence electrons. The predicted molar refractivity (Wildman–Crippen MR) is 128 cm³/mol. The Kier molecular flexibility index (Phi) is 6.95. The molecule has 2 aliphatic carbocycles. The fraction of sp³-hybridized carbons (Fsp3) is 0.964. The molecule has 8 unspecified atom stereocenters. The number of ether oxygens (including phenoxy) is 1. The van der Waals surface area contributed by atoms with E-state index in [1.54, 1.807) is 0 Å². The van der Waals surface area contributed by atoms with Gasteiger partial charge < -0.3 is 4.74 Å². The van der Waals surface area contributed by atoms with Gasteiger partial charge in [-0.2, -0.15) is 0 Å². The van der Waals surface area contributed by atoms with Crippen LogP contribution < -0.4 is 0 Å². The van der Waals surface area contributed by atoms with Crippen LogP contribution in [0.1, 0.15) is 109 Å². The molecular weight excluding hydrogens is 368 g/mol. The van der Waals surface area contributed by atoms with Crippen LogP contribution in [-0.4, -0.2) is 11.6 Å². The maximum atomic E-state index is 13.7. The van der Waals surface area contributed by atoms with Crippen LogP contribution in [0.25, 0.3) is 0 Å². The molecular formula is C28H52O2. The third-order valence-corrected chi connectivity index (χ3v) is 10.2. The Morgan fingerprint density at radius 3 is 1.93 bits per heavy atom. The highest BCUT2D eigenvalue weighted by Crippen LogP contribution is 2.64. The second kappa shape index (κ2) is 8.11. The lowest BCUT2D eigenvalue weighted by molar-refractivity contribution is -0.192. The van der Waals surface area contributed by atoms with Gasteiger partial charge in [-0.15, -0.1) is 0 Å². The molecule has 2 fully saturated rings. The summed E-state index contributed by atoms with van der Waals surface area (Å²) in [4.78, 5) is 13.7. The van der Waals surface area contributed by atoms with Crippen LogP contribution in [0.15, 0.2) is 0 Å².